The lowest BCUT2D eigenvalue weighted by Crippen LogP contribution is -2.37. The third-order valence-electron chi connectivity index (χ3n) is 6.39. The van der Waals surface area contributed by atoms with Crippen molar-refractivity contribution in [3.63, 3.8) is 0 Å². The number of quaternary nitrogens is 1. The maximum Gasteiger partial charge on any atom is 0.387 e. The van der Waals surface area contributed by atoms with Gasteiger partial charge in [-0.05, 0) is 30.0 Å². The van der Waals surface area contributed by atoms with Crippen molar-refractivity contribution in [1.82, 2.24) is 0 Å². The van der Waals surface area contributed by atoms with Gasteiger partial charge < -0.3 is 9.38 Å². The highest BCUT2D eigenvalue weighted by molar-refractivity contribution is 8.55. The zero-order valence-electron chi connectivity index (χ0n) is 24.3. The lowest BCUT2D eigenvalue weighted by atomic mass is 10.0. The van der Waals surface area contributed by atoms with Gasteiger partial charge in [0.2, 0.25) is 0 Å². The molecule has 35 heavy (non-hydrogen) atoms. The molecular weight excluding hydrogens is 493 g/mol. The summed E-state index contributed by atoms with van der Waals surface area (Å²) in [7, 11) is 6.17. The van der Waals surface area contributed by atoms with E-state index in [-0.39, 0.29) is 5.25 Å². The Hall–Kier alpha value is 0.810. The fourth-order valence-corrected chi connectivity index (χ4v) is 8.75. The number of hydrogen-bond donors (Lipinski definition) is 1. The number of likely N-dealkylation sites (N-methyl/N-ethyl adjacent to an activating group) is 1. The van der Waals surface area contributed by atoms with E-state index in [1.165, 1.54) is 108 Å². The lowest BCUT2D eigenvalue weighted by molar-refractivity contribution is -0.870. The molecule has 1 N–H and O–H groups in total. The van der Waals surface area contributed by atoms with Crippen LogP contribution < -0.4 is 0 Å². The second-order valence-electron chi connectivity index (χ2n) is 11.5. The molecule has 0 saturated heterocycles. The number of hydrogen-bond acceptors (Lipinski definition) is 4. The van der Waals surface area contributed by atoms with Crippen LogP contribution in [0.15, 0.2) is 0 Å². The first-order valence-electron chi connectivity index (χ1n) is 14.6. The van der Waals surface area contributed by atoms with Crippen molar-refractivity contribution >= 4 is 29.9 Å². The summed E-state index contributed by atoms with van der Waals surface area (Å²) in [6.07, 6.45) is 23.5. The molecule has 0 aromatic rings. The molecule has 0 bridgehead atoms. The van der Waals surface area contributed by atoms with Crippen molar-refractivity contribution in [2.24, 2.45) is 0 Å². The molecule has 3 atom stereocenters. The largest absolute Gasteiger partial charge is 0.387 e. The van der Waals surface area contributed by atoms with Crippen LogP contribution in [0, 0.1) is 0 Å². The van der Waals surface area contributed by atoms with Crippen molar-refractivity contribution < 1.29 is 18.5 Å². The van der Waals surface area contributed by atoms with Crippen molar-refractivity contribution in [3.05, 3.63) is 0 Å². The molecule has 0 aliphatic carbocycles. The van der Waals surface area contributed by atoms with Gasteiger partial charge in [-0.15, -0.1) is 0 Å². The van der Waals surface area contributed by atoms with Crippen LogP contribution >= 0.6 is 29.9 Å². The zero-order chi connectivity index (χ0) is 26.4. The van der Waals surface area contributed by atoms with Gasteiger partial charge in [0.15, 0.2) is 0 Å². The van der Waals surface area contributed by atoms with E-state index in [4.69, 9.17) is 4.52 Å². The summed E-state index contributed by atoms with van der Waals surface area (Å²) in [5, 5.41) is 0.642. The molecule has 0 heterocycles. The molecule has 0 amide bonds. The molecule has 7 heteroatoms. The van der Waals surface area contributed by atoms with E-state index in [1.54, 1.807) is 0 Å². The SMILES string of the molecule is CCCCCCCCCCCCCCCCCCSC(C)CC(C)SP(=O)(O)OCC[N+](C)(C)C. The van der Waals surface area contributed by atoms with Crippen molar-refractivity contribution in [2.75, 3.05) is 40.0 Å². The Morgan fingerprint density at radius 3 is 1.60 bits per heavy atom. The minimum absolute atomic E-state index is 0.128. The highest BCUT2D eigenvalue weighted by Gasteiger charge is 2.26. The molecule has 0 aromatic carbocycles. The van der Waals surface area contributed by atoms with E-state index in [9.17, 15) is 9.46 Å². The van der Waals surface area contributed by atoms with Crippen LogP contribution in [0.4, 0.5) is 0 Å². The van der Waals surface area contributed by atoms with Crippen molar-refractivity contribution in [2.45, 2.75) is 140 Å². The molecule has 3 unspecified atom stereocenters. The molecule has 0 fully saturated rings. The first-order chi connectivity index (χ1) is 16.6. The Kier molecular flexibility index (Phi) is 23.3. The fourth-order valence-electron chi connectivity index (χ4n) is 4.20. The van der Waals surface area contributed by atoms with Gasteiger partial charge in [0.1, 0.15) is 13.2 Å². The van der Waals surface area contributed by atoms with E-state index < -0.39 is 6.80 Å². The third-order valence-corrected chi connectivity index (χ3v) is 11.2. The van der Waals surface area contributed by atoms with Crippen LogP contribution in [-0.2, 0) is 9.09 Å². The molecule has 4 nitrogen and oxygen atoms in total. The monoisotopic (exact) mass is 554 g/mol. The summed E-state index contributed by atoms with van der Waals surface area (Å²) in [5.41, 5.74) is 0. The van der Waals surface area contributed by atoms with Crippen LogP contribution in [0.3, 0.4) is 0 Å². The van der Waals surface area contributed by atoms with Gasteiger partial charge in [-0.1, -0.05) is 117 Å². The van der Waals surface area contributed by atoms with Crippen LogP contribution in [0.2, 0.25) is 0 Å². The summed E-state index contributed by atoms with van der Waals surface area (Å²) in [6, 6.07) is 0. The molecule has 0 radical (unpaired) electrons. The molecule has 0 rings (SSSR count). The van der Waals surface area contributed by atoms with Gasteiger partial charge in [-0.25, -0.2) is 4.57 Å². The number of rotatable bonds is 26. The van der Waals surface area contributed by atoms with E-state index in [1.807, 2.05) is 18.7 Å². The van der Waals surface area contributed by atoms with Gasteiger partial charge >= 0.3 is 6.80 Å². The molecule has 0 aromatic heterocycles. The Bertz CT molecular complexity index is 517. The molecule has 0 saturated carbocycles. The fraction of sp³-hybridized carbons (Fsp3) is 1.00. The lowest BCUT2D eigenvalue weighted by Gasteiger charge is -2.24. The maximum atomic E-state index is 12.3. The molecular formula is C28H61NO3PS2+. The van der Waals surface area contributed by atoms with E-state index in [0.717, 1.165) is 28.8 Å². The average Bonchev–Trinajstić information content (AvgIpc) is 2.74. The summed E-state index contributed by atoms with van der Waals surface area (Å²) in [5.74, 6) is 1.20. The van der Waals surface area contributed by atoms with Gasteiger partial charge in [0.05, 0.1) is 21.1 Å². The smallest absolute Gasteiger partial charge is 0.329 e. The normalized spacial score (nSPS) is 15.7. The predicted molar refractivity (Wildman–Crippen MR) is 162 cm³/mol. The highest BCUT2D eigenvalue weighted by Crippen LogP contribution is 2.58. The topological polar surface area (TPSA) is 46.5 Å². The van der Waals surface area contributed by atoms with Crippen molar-refractivity contribution in [3.8, 4) is 0 Å². The Morgan fingerprint density at radius 1 is 0.743 bits per heavy atom. The Morgan fingerprint density at radius 2 is 1.17 bits per heavy atom. The third kappa shape index (κ3) is 27.7. The summed E-state index contributed by atoms with van der Waals surface area (Å²) in [6.45, 7) is 4.06. The van der Waals surface area contributed by atoms with E-state index >= 15 is 0 Å². The van der Waals surface area contributed by atoms with Gasteiger partial charge in [0.25, 0.3) is 0 Å². The van der Waals surface area contributed by atoms with Crippen LogP contribution in [0.25, 0.3) is 0 Å². The average molecular weight is 555 g/mol. The van der Waals surface area contributed by atoms with Crippen LogP contribution in [0.1, 0.15) is 130 Å². The van der Waals surface area contributed by atoms with E-state index in [0.29, 0.717) is 11.9 Å². The highest BCUT2D eigenvalue weighted by atomic mass is 32.7. The van der Waals surface area contributed by atoms with Gasteiger partial charge in [-0.3, -0.25) is 4.52 Å². The predicted octanol–water partition coefficient (Wildman–Crippen LogP) is 9.70. The summed E-state index contributed by atoms with van der Waals surface area (Å²) in [4.78, 5) is 10.1. The van der Waals surface area contributed by atoms with Crippen molar-refractivity contribution in [1.29, 1.82) is 0 Å². The van der Waals surface area contributed by atoms with Gasteiger partial charge in [-0.2, -0.15) is 11.8 Å². The quantitative estimate of drug-likeness (QED) is 0.0655. The Balaban J connectivity index is 3.50. The maximum absolute atomic E-state index is 12.3. The number of thioether (sulfide) groups is 1. The minimum atomic E-state index is -3.56. The standard InChI is InChI=1S/C28H60NO3PS2/c1-7-8-9-10-11-12-13-14-15-16-17-18-19-20-21-22-25-34-27(2)26-28(3)35-33(30,31)32-24-23-29(4,5)6/h27-28H,7-26H2,1-6H3/p+1. The first kappa shape index (κ1) is 35.8. The zero-order valence-corrected chi connectivity index (χ0v) is 26.8. The first-order valence-corrected chi connectivity index (χ1v) is 18.7. The molecule has 0 aliphatic rings. The summed E-state index contributed by atoms with van der Waals surface area (Å²) >= 11 is 3.13. The number of unbranched alkanes of at least 4 members (excludes halogenated alkanes) is 15. The van der Waals surface area contributed by atoms with Gasteiger partial charge in [0, 0.05) is 10.5 Å². The van der Waals surface area contributed by atoms with Crippen LogP contribution in [-0.4, -0.2) is 59.9 Å². The second-order valence-corrected chi connectivity index (χ2v) is 17.2. The number of nitrogens with zero attached hydrogens (tertiary/aromatic N) is 1. The second kappa shape index (κ2) is 22.8. The Labute approximate surface area is 228 Å². The molecule has 212 valence electrons. The molecule has 0 spiro atoms. The molecule has 0 aliphatic heterocycles. The summed E-state index contributed by atoms with van der Waals surface area (Å²) < 4.78 is 18.3. The van der Waals surface area contributed by atoms with E-state index in [2.05, 4.69) is 35.0 Å². The minimum Gasteiger partial charge on any atom is -0.329 e. The van der Waals surface area contributed by atoms with Crippen LogP contribution in [0.5, 0.6) is 0 Å².